The number of aliphatic hydroxyl groups is 1. The number of rotatable bonds is 5. The lowest BCUT2D eigenvalue weighted by Gasteiger charge is -2.31. The van der Waals surface area contributed by atoms with Crippen molar-refractivity contribution in [3.8, 4) is 0 Å². The molecule has 0 spiro atoms. The van der Waals surface area contributed by atoms with Crippen LogP contribution in [0.3, 0.4) is 0 Å². The van der Waals surface area contributed by atoms with E-state index in [4.69, 9.17) is 4.74 Å². The van der Waals surface area contributed by atoms with Gasteiger partial charge in [0, 0.05) is 25.0 Å². The fourth-order valence-electron chi connectivity index (χ4n) is 3.28. The molecule has 110 valence electrons. The van der Waals surface area contributed by atoms with Crippen molar-refractivity contribution in [2.24, 2.45) is 5.92 Å². The SMILES string of the molecule is CC1CCC(CCC(=O)NC2CCCCC2CO)O1. The van der Waals surface area contributed by atoms with Gasteiger partial charge in [0.1, 0.15) is 0 Å². The van der Waals surface area contributed by atoms with Crippen LogP contribution in [0.5, 0.6) is 0 Å². The standard InChI is InChI=1S/C15H27NO3/c1-11-6-7-13(19-11)8-9-15(18)16-14-5-3-2-4-12(14)10-17/h11-14,17H,2-10H2,1H3,(H,16,18). The Bertz CT molecular complexity index is 295. The normalized spacial score (nSPS) is 35.3. The predicted octanol–water partition coefficient (Wildman–Crippen LogP) is 2.00. The summed E-state index contributed by atoms with van der Waals surface area (Å²) < 4.78 is 5.72. The number of hydrogen-bond acceptors (Lipinski definition) is 3. The first-order valence-corrected chi connectivity index (χ1v) is 7.74. The minimum Gasteiger partial charge on any atom is -0.396 e. The molecule has 19 heavy (non-hydrogen) atoms. The van der Waals surface area contributed by atoms with E-state index in [1.54, 1.807) is 0 Å². The van der Waals surface area contributed by atoms with Gasteiger partial charge in [-0.1, -0.05) is 12.8 Å². The van der Waals surface area contributed by atoms with Crippen molar-refractivity contribution >= 4 is 5.91 Å². The lowest BCUT2D eigenvalue weighted by atomic mass is 9.85. The molecule has 0 aromatic rings. The molecule has 2 aliphatic rings. The van der Waals surface area contributed by atoms with E-state index >= 15 is 0 Å². The van der Waals surface area contributed by atoms with Crippen LogP contribution in [0.1, 0.15) is 58.3 Å². The quantitative estimate of drug-likeness (QED) is 0.802. The Morgan fingerprint density at radius 3 is 2.74 bits per heavy atom. The maximum Gasteiger partial charge on any atom is 0.220 e. The van der Waals surface area contributed by atoms with Crippen molar-refractivity contribution in [2.45, 2.75) is 76.5 Å². The summed E-state index contributed by atoms with van der Waals surface area (Å²) in [4.78, 5) is 12.0. The molecule has 0 aromatic heterocycles. The first kappa shape index (κ1) is 14.8. The average molecular weight is 269 g/mol. The molecular weight excluding hydrogens is 242 g/mol. The molecule has 1 aliphatic carbocycles. The molecule has 1 saturated carbocycles. The Labute approximate surface area is 115 Å². The second kappa shape index (κ2) is 7.25. The Kier molecular flexibility index (Phi) is 5.64. The van der Waals surface area contributed by atoms with Crippen LogP contribution >= 0.6 is 0 Å². The Morgan fingerprint density at radius 2 is 2.05 bits per heavy atom. The van der Waals surface area contributed by atoms with Gasteiger partial charge in [-0.15, -0.1) is 0 Å². The highest BCUT2D eigenvalue weighted by atomic mass is 16.5. The molecule has 1 aliphatic heterocycles. The topological polar surface area (TPSA) is 58.6 Å². The van der Waals surface area contributed by atoms with Crippen LogP contribution in [-0.2, 0) is 9.53 Å². The fourth-order valence-corrected chi connectivity index (χ4v) is 3.28. The third-order valence-electron chi connectivity index (χ3n) is 4.50. The van der Waals surface area contributed by atoms with E-state index in [2.05, 4.69) is 12.2 Å². The maximum atomic E-state index is 12.0. The summed E-state index contributed by atoms with van der Waals surface area (Å²) in [7, 11) is 0. The van der Waals surface area contributed by atoms with Gasteiger partial charge in [0.15, 0.2) is 0 Å². The first-order valence-electron chi connectivity index (χ1n) is 7.74. The van der Waals surface area contributed by atoms with E-state index in [9.17, 15) is 9.90 Å². The van der Waals surface area contributed by atoms with Crippen LogP contribution in [-0.4, -0.2) is 35.9 Å². The minimum absolute atomic E-state index is 0.119. The largest absolute Gasteiger partial charge is 0.396 e. The zero-order valence-corrected chi connectivity index (χ0v) is 11.9. The molecule has 1 saturated heterocycles. The summed E-state index contributed by atoms with van der Waals surface area (Å²) in [5, 5.41) is 12.4. The highest BCUT2D eigenvalue weighted by molar-refractivity contribution is 5.76. The van der Waals surface area contributed by atoms with E-state index in [0.717, 1.165) is 38.5 Å². The molecule has 0 radical (unpaired) electrons. The summed E-state index contributed by atoms with van der Waals surface area (Å²) in [6.45, 7) is 2.28. The van der Waals surface area contributed by atoms with Gasteiger partial charge in [0.25, 0.3) is 0 Å². The molecule has 2 fully saturated rings. The third-order valence-corrected chi connectivity index (χ3v) is 4.50. The molecule has 4 atom stereocenters. The summed E-state index contributed by atoms with van der Waals surface area (Å²) in [6.07, 6.45) is 8.55. The third kappa shape index (κ3) is 4.46. The maximum absolute atomic E-state index is 12.0. The predicted molar refractivity (Wildman–Crippen MR) is 73.8 cm³/mol. The van der Waals surface area contributed by atoms with Gasteiger partial charge >= 0.3 is 0 Å². The van der Waals surface area contributed by atoms with Crippen molar-refractivity contribution < 1.29 is 14.6 Å². The van der Waals surface area contributed by atoms with Crippen molar-refractivity contribution in [1.29, 1.82) is 0 Å². The smallest absolute Gasteiger partial charge is 0.220 e. The second-order valence-electron chi connectivity index (χ2n) is 6.09. The highest BCUT2D eigenvalue weighted by Crippen LogP contribution is 2.25. The Morgan fingerprint density at radius 1 is 1.26 bits per heavy atom. The monoisotopic (exact) mass is 269 g/mol. The summed E-state index contributed by atoms with van der Waals surface area (Å²) >= 11 is 0. The molecule has 4 unspecified atom stereocenters. The lowest BCUT2D eigenvalue weighted by Crippen LogP contribution is -2.43. The zero-order chi connectivity index (χ0) is 13.7. The second-order valence-corrected chi connectivity index (χ2v) is 6.09. The summed E-state index contributed by atoms with van der Waals surface area (Å²) in [6, 6.07) is 0.176. The van der Waals surface area contributed by atoms with E-state index < -0.39 is 0 Å². The van der Waals surface area contributed by atoms with Crippen LogP contribution in [0, 0.1) is 5.92 Å². The van der Waals surface area contributed by atoms with Gasteiger partial charge < -0.3 is 15.2 Å². The number of amides is 1. The van der Waals surface area contributed by atoms with Crippen molar-refractivity contribution in [3.05, 3.63) is 0 Å². The molecule has 1 amide bonds. The highest BCUT2D eigenvalue weighted by Gasteiger charge is 2.27. The Hall–Kier alpha value is -0.610. The number of nitrogens with one attached hydrogen (secondary N) is 1. The van der Waals surface area contributed by atoms with Crippen LogP contribution < -0.4 is 5.32 Å². The number of carbonyl (C=O) groups is 1. The molecule has 0 aromatic carbocycles. The van der Waals surface area contributed by atoms with Gasteiger partial charge in [-0.05, 0) is 39.0 Å². The molecule has 0 bridgehead atoms. The summed E-state index contributed by atoms with van der Waals surface area (Å²) in [5.74, 6) is 0.369. The fraction of sp³-hybridized carbons (Fsp3) is 0.933. The summed E-state index contributed by atoms with van der Waals surface area (Å²) in [5.41, 5.74) is 0. The van der Waals surface area contributed by atoms with Gasteiger partial charge in [0.2, 0.25) is 5.91 Å². The van der Waals surface area contributed by atoms with Crippen LogP contribution in [0.15, 0.2) is 0 Å². The molecular formula is C15H27NO3. The molecule has 1 heterocycles. The van der Waals surface area contributed by atoms with E-state index in [1.807, 2.05) is 0 Å². The molecule has 2 rings (SSSR count). The van der Waals surface area contributed by atoms with Crippen LogP contribution in [0.25, 0.3) is 0 Å². The van der Waals surface area contributed by atoms with Gasteiger partial charge in [-0.25, -0.2) is 0 Å². The van der Waals surface area contributed by atoms with Crippen LogP contribution in [0.2, 0.25) is 0 Å². The zero-order valence-electron chi connectivity index (χ0n) is 11.9. The van der Waals surface area contributed by atoms with E-state index in [1.165, 1.54) is 6.42 Å². The number of aliphatic hydroxyl groups excluding tert-OH is 1. The Balaban J connectivity index is 1.68. The van der Waals surface area contributed by atoms with E-state index in [0.29, 0.717) is 12.5 Å². The average Bonchev–Trinajstić information content (AvgIpc) is 2.83. The number of ether oxygens (including phenoxy) is 1. The first-order chi connectivity index (χ1) is 9.19. The van der Waals surface area contributed by atoms with Crippen molar-refractivity contribution in [3.63, 3.8) is 0 Å². The molecule has 2 N–H and O–H groups in total. The molecule has 4 nitrogen and oxygen atoms in total. The van der Waals surface area contributed by atoms with Crippen molar-refractivity contribution in [2.75, 3.05) is 6.61 Å². The van der Waals surface area contributed by atoms with E-state index in [-0.39, 0.29) is 30.6 Å². The molecule has 4 heteroatoms. The number of hydrogen-bond donors (Lipinski definition) is 2. The lowest BCUT2D eigenvalue weighted by molar-refractivity contribution is -0.123. The van der Waals surface area contributed by atoms with Crippen LogP contribution in [0.4, 0.5) is 0 Å². The van der Waals surface area contributed by atoms with Crippen molar-refractivity contribution in [1.82, 2.24) is 5.32 Å². The number of carbonyl (C=O) groups excluding carboxylic acids is 1. The minimum atomic E-state index is 0.119. The van der Waals surface area contributed by atoms with Gasteiger partial charge in [-0.2, -0.15) is 0 Å². The van der Waals surface area contributed by atoms with Gasteiger partial charge in [-0.3, -0.25) is 4.79 Å². The van der Waals surface area contributed by atoms with Gasteiger partial charge in [0.05, 0.1) is 12.2 Å².